The highest BCUT2D eigenvalue weighted by atomic mass is 35.5. The van der Waals surface area contributed by atoms with Gasteiger partial charge in [0.25, 0.3) is 0 Å². The molecule has 1 saturated carbocycles. The summed E-state index contributed by atoms with van der Waals surface area (Å²) >= 11 is 6.14. The first-order valence-electron chi connectivity index (χ1n) is 11.6. The van der Waals surface area contributed by atoms with Crippen LogP contribution in [0.15, 0.2) is 54.6 Å². The van der Waals surface area contributed by atoms with Crippen LogP contribution in [-0.2, 0) is 0 Å². The third kappa shape index (κ3) is 3.96. The van der Waals surface area contributed by atoms with Crippen molar-refractivity contribution in [3.63, 3.8) is 0 Å². The van der Waals surface area contributed by atoms with Crippen LogP contribution < -0.4 is 5.32 Å². The zero-order valence-electron chi connectivity index (χ0n) is 18.4. The lowest BCUT2D eigenvalue weighted by atomic mass is 9.62. The number of carbonyl (C=O) groups excluding carboxylic acids is 1. The zero-order chi connectivity index (χ0) is 21.6. The van der Waals surface area contributed by atoms with Gasteiger partial charge in [0.1, 0.15) is 0 Å². The van der Waals surface area contributed by atoms with E-state index < -0.39 is 0 Å². The molecule has 2 heterocycles. The number of hydrogen-bond acceptors (Lipinski definition) is 2. The lowest BCUT2D eigenvalue weighted by Crippen LogP contribution is -2.64. The van der Waals surface area contributed by atoms with Crippen molar-refractivity contribution < 1.29 is 4.79 Å². The van der Waals surface area contributed by atoms with Crippen molar-refractivity contribution in [2.75, 3.05) is 19.6 Å². The third-order valence-corrected chi connectivity index (χ3v) is 7.88. The second-order valence-corrected chi connectivity index (χ2v) is 10.3. The van der Waals surface area contributed by atoms with E-state index in [0.29, 0.717) is 18.0 Å². The van der Waals surface area contributed by atoms with Gasteiger partial charge >= 0.3 is 6.03 Å². The molecule has 164 valence electrons. The Kier molecular flexibility index (Phi) is 5.47. The topological polar surface area (TPSA) is 35.6 Å². The normalized spacial score (nSPS) is 27.2. The average Bonchev–Trinajstić information content (AvgIpc) is 3.53. The van der Waals surface area contributed by atoms with E-state index in [1.807, 2.05) is 23.1 Å². The van der Waals surface area contributed by atoms with Crippen LogP contribution in [0.4, 0.5) is 4.79 Å². The summed E-state index contributed by atoms with van der Waals surface area (Å²) in [5.74, 6) is 0.474. The highest BCUT2D eigenvalue weighted by Crippen LogP contribution is 2.55. The Morgan fingerprint density at radius 3 is 2.35 bits per heavy atom. The lowest BCUT2D eigenvalue weighted by molar-refractivity contribution is -0.123. The van der Waals surface area contributed by atoms with Crippen LogP contribution in [-0.4, -0.2) is 47.5 Å². The number of halogens is 1. The van der Waals surface area contributed by atoms with Gasteiger partial charge in [-0.1, -0.05) is 54.1 Å². The molecule has 4 nitrogen and oxygen atoms in total. The molecule has 3 fully saturated rings. The lowest BCUT2D eigenvalue weighted by Gasteiger charge is -2.62. The standard InChI is InChI=1S/C26H32ClN3O/c1-18(2)30-17-26(24(30)20-8-10-21(27)11-9-20)12-14-29(15-13-26)25(31)28-23-16-22(23)19-6-4-3-5-7-19/h3-11,18,22-24H,12-17H2,1-2H3,(H,28,31)/t22-,23+,24?/m0/s1. The molecular formula is C26H32ClN3O. The fourth-order valence-corrected chi connectivity index (χ4v) is 5.84. The van der Waals surface area contributed by atoms with Gasteiger partial charge in [0.05, 0.1) is 0 Å². The summed E-state index contributed by atoms with van der Waals surface area (Å²) in [6, 6.07) is 20.2. The summed E-state index contributed by atoms with van der Waals surface area (Å²) in [4.78, 5) is 17.5. The minimum Gasteiger partial charge on any atom is -0.335 e. The van der Waals surface area contributed by atoms with Crippen LogP contribution in [0.25, 0.3) is 0 Å². The fraction of sp³-hybridized carbons (Fsp3) is 0.500. The maximum Gasteiger partial charge on any atom is 0.317 e. The Morgan fingerprint density at radius 1 is 1.03 bits per heavy atom. The maximum atomic E-state index is 12.9. The van der Waals surface area contributed by atoms with Crippen molar-refractivity contribution in [3.8, 4) is 0 Å². The number of likely N-dealkylation sites (tertiary alicyclic amines) is 2. The number of amides is 2. The number of rotatable bonds is 4. The van der Waals surface area contributed by atoms with Gasteiger partial charge in [0.15, 0.2) is 0 Å². The van der Waals surface area contributed by atoms with E-state index in [9.17, 15) is 4.79 Å². The van der Waals surface area contributed by atoms with Crippen LogP contribution in [0.5, 0.6) is 0 Å². The molecule has 3 atom stereocenters. The third-order valence-electron chi connectivity index (χ3n) is 7.63. The fourth-order valence-electron chi connectivity index (χ4n) is 5.71. The van der Waals surface area contributed by atoms with E-state index in [4.69, 9.17) is 11.6 Å². The highest BCUT2D eigenvalue weighted by molar-refractivity contribution is 6.30. The minimum absolute atomic E-state index is 0.112. The first-order valence-corrected chi connectivity index (χ1v) is 12.0. The first kappa shape index (κ1) is 20.8. The van der Waals surface area contributed by atoms with Crippen molar-refractivity contribution in [1.29, 1.82) is 0 Å². The molecular weight excluding hydrogens is 406 g/mol. The van der Waals surface area contributed by atoms with Crippen molar-refractivity contribution in [2.24, 2.45) is 5.41 Å². The zero-order valence-corrected chi connectivity index (χ0v) is 19.2. The molecule has 2 aromatic rings. The summed E-state index contributed by atoms with van der Waals surface area (Å²) in [6.45, 7) is 7.34. The number of carbonyl (C=O) groups is 1. The summed E-state index contributed by atoms with van der Waals surface area (Å²) in [5, 5.41) is 4.06. The van der Waals surface area contributed by atoms with Gasteiger partial charge < -0.3 is 10.2 Å². The predicted molar refractivity (Wildman–Crippen MR) is 125 cm³/mol. The summed E-state index contributed by atoms with van der Waals surface area (Å²) in [7, 11) is 0. The Bertz CT molecular complexity index is 921. The van der Waals surface area contributed by atoms with Gasteiger partial charge in [-0.15, -0.1) is 0 Å². The SMILES string of the molecule is CC(C)N1CC2(CCN(C(=O)N[C@@H]3C[C@H]3c3ccccc3)CC2)C1c1ccc(Cl)cc1. The molecule has 0 bridgehead atoms. The molecule has 2 saturated heterocycles. The quantitative estimate of drug-likeness (QED) is 0.689. The van der Waals surface area contributed by atoms with E-state index in [1.54, 1.807) is 0 Å². The van der Waals surface area contributed by atoms with Gasteiger partial charge in [-0.05, 0) is 56.4 Å². The van der Waals surface area contributed by atoms with Crippen molar-refractivity contribution in [1.82, 2.24) is 15.1 Å². The van der Waals surface area contributed by atoms with Crippen molar-refractivity contribution in [3.05, 3.63) is 70.7 Å². The largest absolute Gasteiger partial charge is 0.335 e. The van der Waals surface area contributed by atoms with Crippen molar-refractivity contribution in [2.45, 2.75) is 57.2 Å². The number of piperidine rings is 1. The molecule has 3 aliphatic rings. The van der Waals surface area contributed by atoms with Gasteiger partial charge in [-0.2, -0.15) is 0 Å². The van der Waals surface area contributed by atoms with Gasteiger partial charge in [-0.3, -0.25) is 4.90 Å². The summed E-state index contributed by atoms with van der Waals surface area (Å²) in [6.07, 6.45) is 3.17. The molecule has 2 aliphatic heterocycles. The molecule has 2 aromatic carbocycles. The second-order valence-electron chi connectivity index (χ2n) is 9.88. The molecule has 1 unspecified atom stereocenters. The minimum atomic E-state index is 0.112. The molecule has 1 N–H and O–H groups in total. The van der Waals surface area contributed by atoms with Crippen LogP contribution in [0.3, 0.4) is 0 Å². The Hall–Kier alpha value is -2.04. The van der Waals surface area contributed by atoms with Crippen molar-refractivity contribution >= 4 is 17.6 Å². The van der Waals surface area contributed by atoms with E-state index in [1.165, 1.54) is 11.1 Å². The molecule has 1 aliphatic carbocycles. The van der Waals surface area contributed by atoms with Gasteiger partial charge in [0.2, 0.25) is 0 Å². The Morgan fingerprint density at radius 2 is 1.71 bits per heavy atom. The van der Waals surface area contributed by atoms with Crippen LogP contribution in [0.2, 0.25) is 5.02 Å². The molecule has 2 amide bonds. The summed E-state index contributed by atoms with van der Waals surface area (Å²) in [5.41, 5.74) is 2.95. The van der Waals surface area contributed by atoms with E-state index in [2.05, 4.69) is 60.5 Å². The van der Waals surface area contributed by atoms with Gasteiger partial charge in [0, 0.05) is 54.1 Å². The molecule has 1 spiro atoms. The Balaban J connectivity index is 1.20. The number of hydrogen-bond donors (Lipinski definition) is 1. The van der Waals surface area contributed by atoms with E-state index in [0.717, 1.165) is 43.9 Å². The average molecular weight is 438 g/mol. The molecule has 5 heteroatoms. The molecule has 31 heavy (non-hydrogen) atoms. The Labute approximate surface area is 190 Å². The van der Waals surface area contributed by atoms with Gasteiger partial charge in [-0.25, -0.2) is 4.79 Å². The van der Waals surface area contributed by atoms with E-state index in [-0.39, 0.29) is 17.5 Å². The number of nitrogens with zero attached hydrogens (tertiary/aromatic N) is 2. The molecule has 0 aromatic heterocycles. The molecule has 0 radical (unpaired) electrons. The smallest absolute Gasteiger partial charge is 0.317 e. The number of urea groups is 1. The first-order chi connectivity index (χ1) is 15.0. The number of nitrogens with one attached hydrogen (secondary N) is 1. The molecule has 5 rings (SSSR count). The predicted octanol–water partition coefficient (Wildman–Crippen LogP) is 5.45. The monoisotopic (exact) mass is 437 g/mol. The maximum absolute atomic E-state index is 12.9. The second kappa shape index (κ2) is 8.14. The highest BCUT2D eigenvalue weighted by Gasteiger charge is 2.55. The number of benzene rings is 2. The van der Waals surface area contributed by atoms with Crippen LogP contribution in [0, 0.1) is 5.41 Å². The van der Waals surface area contributed by atoms with Crippen LogP contribution >= 0.6 is 11.6 Å². The van der Waals surface area contributed by atoms with E-state index >= 15 is 0 Å². The summed E-state index contributed by atoms with van der Waals surface area (Å²) < 4.78 is 0. The van der Waals surface area contributed by atoms with Crippen LogP contribution in [0.1, 0.15) is 56.2 Å².